The molecule has 0 saturated carbocycles. The second-order valence-electron chi connectivity index (χ2n) is 9.22. The fourth-order valence-electron chi connectivity index (χ4n) is 3.52. The molecule has 2 N–H and O–H groups in total. The van der Waals surface area contributed by atoms with Crippen LogP contribution in [0.5, 0.6) is 0 Å². The molecule has 1 aliphatic heterocycles. The van der Waals surface area contributed by atoms with Gasteiger partial charge in [0, 0.05) is 18.8 Å². The molecule has 2 heterocycles. The number of hydrogen-bond donors (Lipinski definition) is 2. The van der Waals surface area contributed by atoms with Crippen molar-refractivity contribution in [3.8, 4) is 0 Å². The summed E-state index contributed by atoms with van der Waals surface area (Å²) >= 11 is 0. The molecule has 0 fully saturated rings. The molecule has 6 heteroatoms. The summed E-state index contributed by atoms with van der Waals surface area (Å²) in [4.78, 5) is 30.0. The molecule has 6 nitrogen and oxygen atoms in total. The molecule has 0 atom stereocenters. The standard InChI is InChI=1S/C23H32N4O2/c1-15(2)14-24-21(28)19-18-8-6-7-13-27(18)20(26-19)22(29)25-17-11-9-16(10-12-17)23(3,4)5/h9-12,15H,6-8,13-14H2,1-5H3,(H,24,28)(H,25,29). The predicted octanol–water partition coefficient (Wildman–Crippen LogP) is 4.16. The van der Waals surface area contributed by atoms with Crippen molar-refractivity contribution in [3.63, 3.8) is 0 Å². The van der Waals surface area contributed by atoms with Crippen LogP contribution in [-0.4, -0.2) is 27.9 Å². The minimum atomic E-state index is -0.278. The SMILES string of the molecule is CC(C)CNC(=O)c1nc(C(=O)Nc2ccc(C(C)(C)C)cc2)n2c1CCCC2. The third-order valence-electron chi connectivity index (χ3n) is 5.22. The molecular weight excluding hydrogens is 364 g/mol. The van der Waals surface area contributed by atoms with Crippen molar-refractivity contribution in [2.45, 2.75) is 65.8 Å². The van der Waals surface area contributed by atoms with E-state index in [9.17, 15) is 9.59 Å². The zero-order chi connectivity index (χ0) is 21.2. The van der Waals surface area contributed by atoms with Crippen molar-refractivity contribution in [1.82, 2.24) is 14.9 Å². The molecule has 0 radical (unpaired) electrons. The summed E-state index contributed by atoms with van der Waals surface area (Å²) in [5.74, 6) is 0.197. The van der Waals surface area contributed by atoms with Gasteiger partial charge in [0.05, 0.1) is 5.69 Å². The van der Waals surface area contributed by atoms with Crippen LogP contribution < -0.4 is 10.6 Å². The number of nitrogens with zero attached hydrogens (tertiary/aromatic N) is 2. The van der Waals surface area contributed by atoms with Crippen molar-refractivity contribution >= 4 is 17.5 Å². The van der Waals surface area contributed by atoms with Crippen LogP contribution in [0.25, 0.3) is 0 Å². The Morgan fingerprint density at radius 3 is 2.41 bits per heavy atom. The van der Waals surface area contributed by atoms with Crippen molar-refractivity contribution in [3.05, 3.63) is 47.0 Å². The van der Waals surface area contributed by atoms with E-state index in [2.05, 4.69) is 36.4 Å². The molecule has 156 valence electrons. The molecule has 0 spiro atoms. The first-order valence-corrected chi connectivity index (χ1v) is 10.5. The summed E-state index contributed by atoms with van der Waals surface area (Å²) in [5.41, 5.74) is 3.24. The highest BCUT2D eigenvalue weighted by atomic mass is 16.2. The van der Waals surface area contributed by atoms with Crippen molar-refractivity contribution < 1.29 is 9.59 Å². The molecule has 3 rings (SSSR count). The van der Waals surface area contributed by atoms with Gasteiger partial charge >= 0.3 is 0 Å². The van der Waals surface area contributed by atoms with E-state index in [1.165, 1.54) is 5.56 Å². The summed E-state index contributed by atoms with van der Waals surface area (Å²) in [5, 5.41) is 5.86. The number of rotatable bonds is 5. The Morgan fingerprint density at radius 1 is 1.10 bits per heavy atom. The Hall–Kier alpha value is -2.63. The van der Waals surface area contributed by atoms with Gasteiger partial charge < -0.3 is 15.2 Å². The van der Waals surface area contributed by atoms with Crippen LogP contribution in [0.3, 0.4) is 0 Å². The fraction of sp³-hybridized carbons (Fsp3) is 0.522. The lowest BCUT2D eigenvalue weighted by atomic mass is 9.87. The van der Waals surface area contributed by atoms with E-state index in [-0.39, 0.29) is 17.2 Å². The number of hydrogen-bond acceptors (Lipinski definition) is 3. The minimum absolute atomic E-state index is 0.0585. The quantitative estimate of drug-likeness (QED) is 0.797. The lowest BCUT2D eigenvalue weighted by Gasteiger charge is -2.19. The van der Waals surface area contributed by atoms with E-state index in [4.69, 9.17) is 0 Å². The van der Waals surface area contributed by atoms with Crippen LogP contribution in [0.1, 0.15) is 79.8 Å². The molecule has 0 saturated heterocycles. The lowest BCUT2D eigenvalue weighted by Crippen LogP contribution is -2.29. The Labute approximate surface area is 173 Å². The average Bonchev–Trinajstić information content (AvgIpc) is 3.06. The van der Waals surface area contributed by atoms with E-state index in [0.717, 1.165) is 30.6 Å². The van der Waals surface area contributed by atoms with E-state index < -0.39 is 0 Å². The highest BCUT2D eigenvalue weighted by Crippen LogP contribution is 2.25. The average molecular weight is 397 g/mol. The maximum absolute atomic E-state index is 12.9. The summed E-state index contributed by atoms with van der Waals surface area (Å²) in [6, 6.07) is 7.88. The number of carbonyl (C=O) groups excluding carboxylic acids is 2. The fourth-order valence-corrected chi connectivity index (χ4v) is 3.52. The van der Waals surface area contributed by atoms with Gasteiger partial charge in [-0.3, -0.25) is 9.59 Å². The maximum Gasteiger partial charge on any atom is 0.291 e. The van der Waals surface area contributed by atoms with Gasteiger partial charge in [0.25, 0.3) is 11.8 Å². The van der Waals surface area contributed by atoms with Gasteiger partial charge in [-0.05, 0) is 48.3 Å². The molecule has 1 aromatic heterocycles. The Kier molecular flexibility index (Phi) is 6.10. The van der Waals surface area contributed by atoms with Gasteiger partial charge in [-0.2, -0.15) is 0 Å². The number of fused-ring (bicyclic) bond motifs is 1. The predicted molar refractivity (Wildman–Crippen MR) is 115 cm³/mol. The van der Waals surface area contributed by atoms with E-state index >= 15 is 0 Å². The third-order valence-corrected chi connectivity index (χ3v) is 5.22. The minimum Gasteiger partial charge on any atom is -0.350 e. The number of benzene rings is 1. The van der Waals surface area contributed by atoms with Gasteiger partial charge in [0.1, 0.15) is 5.69 Å². The highest BCUT2D eigenvalue weighted by Gasteiger charge is 2.27. The maximum atomic E-state index is 12.9. The molecule has 0 unspecified atom stereocenters. The van der Waals surface area contributed by atoms with Crippen LogP contribution >= 0.6 is 0 Å². The lowest BCUT2D eigenvalue weighted by molar-refractivity contribution is 0.0943. The summed E-state index contributed by atoms with van der Waals surface area (Å²) in [6.45, 7) is 11.9. The van der Waals surface area contributed by atoms with E-state index in [1.54, 1.807) is 0 Å². The van der Waals surface area contributed by atoms with Gasteiger partial charge in [0.15, 0.2) is 5.82 Å². The molecule has 0 bridgehead atoms. The number of anilines is 1. The van der Waals surface area contributed by atoms with Crippen LogP contribution in [0.4, 0.5) is 5.69 Å². The molecule has 29 heavy (non-hydrogen) atoms. The van der Waals surface area contributed by atoms with Crippen molar-refractivity contribution in [2.75, 3.05) is 11.9 Å². The summed E-state index contributed by atoms with van der Waals surface area (Å²) in [7, 11) is 0. The van der Waals surface area contributed by atoms with Crippen LogP contribution in [-0.2, 0) is 18.4 Å². The smallest absolute Gasteiger partial charge is 0.291 e. The van der Waals surface area contributed by atoms with E-state index in [0.29, 0.717) is 30.5 Å². The van der Waals surface area contributed by atoms with Crippen molar-refractivity contribution in [2.24, 2.45) is 5.92 Å². The number of imidazole rings is 1. The van der Waals surface area contributed by atoms with Crippen molar-refractivity contribution in [1.29, 1.82) is 0 Å². The topological polar surface area (TPSA) is 76.0 Å². The van der Waals surface area contributed by atoms with E-state index in [1.807, 2.05) is 42.7 Å². The Morgan fingerprint density at radius 2 is 1.79 bits per heavy atom. The first-order valence-electron chi connectivity index (χ1n) is 10.5. The second-order valence-corrected chi connectivity index (χ2v) is 9.22. The number of carbonyl (C=O) groups is 2. The largest absolute Gasteiger partial charge is 0.350 e. The zero-order valence-electron chi connectivity index (χ0n) is 18.1. The van der Waals surface area contributed by atoms with Gasteiger partial charge in [0.2, 0.25) is 0 Å². The normalized spacial score (nSPS) is 13.9. The highest BCUT2D eigenvalue weighted by molar-refractivity contribution is 6.03. The number of nitrogens with one attached hydrogen (secondary N) is 2. The molecular formula is C23H32N4O2. The van der Waals surface area contributed by atoms with Crippen LogP contribution in [0.2, 0.25) is 0 Å². The molecule has 2 amide bonds. The van der Waals surface area contributed by atoms with Gasteiger partial charge in [-0.25, -0.2) is 4.98 Å². The number of amides is 2. The van der Waals surface area contributed by atoms with Gasteiger partial charge in [-0.1, -0.05) is 46.8 Å². The molecule has 1 aliphatic rings. The molecule has 1 aromatic carbocycles. The van der Waals surface area contributed by atoms with Gasteiger partial charge in [-0.15, -0.1) is 0 Å². The monoisotopic (exact) mass is 396 g/mol. The zero-order valence-corrected chi connectivity index (χ0v) is 18.1. The van der Waals surface area contributed by atoms with Crippen LogP contribution in [0.15, 0.2) is 24.3 Å². The third kappa shape index (κ3) is 4.86. The molecule has 0 aliphatic carbocycles. The summed E-state index contributed by atoms with van der Waals surface area (Å²) in [6.07, 6.45) is 2.76. The first kappa shape index (κ1) is 21.1. The second kappa shape index (κ2) is 8.39. The molecule has 2 aromatic rings. The first-order chi connectivity index (χ1) is 13.7. The Bertz CT molecular complexity index is 889. The Balaban J connectivity index is 1.82. The number of aromatic nitrogens is 2. The van der Waals surface area contributed by atoms with Crippen LogP contribution in [0, 0.1) is 5.92 Å². The summed E-state index contributed by atoms with van der Waals surface area (Å²) < 4.78 is 1.91.